The third-order valence-electron chi connectivity index (χ3n) is 6.79. The number of hydrogen-bond acceptors (Lipinski definition) is 6. The molecule has 3 fully saturated rings. The molecule has 2 aliphatic carbocycles. The molecule has 2 saturated carbocycles. The van der Waals surface area contributed by atoms with Gasteiger partial charge in [-0.3, -0.25) is 4.79 Å². The average molecular weight is 454 g/mol. The van der Waals surface area contributed by atoms with Crippen LogP contribution in [0.4, 0.5) is 0 Å². The van der Waals surface area contributed by atoms with Gasteiger partial charge < -0.3 is 10.1 Å². The Morgan fingerprint density at radius 2 is 2.00 bits per heavy atom. The number of morpholine rings is 1. The molecule has 166 valence electrons. The number of rotatable bonds is 7. The van der Waals surface area contributed by atoms with Crippen LogP contribution in [0.5, 0.6) is 0 Å². The highest BCUT2D eigenvalue weighted by Gasteiger charge is 2.42. The number of hydrogen-bond donors (Lipinski definition) is 1. The molecular weight excluding hydrogens is 422 g/mol. The number of sulfonamides is 1. The van der Waals surface area contributed by atoms with E-state index in [4.69, 9.17) is 4.74 Å². The standard InChI is InChI=1S/C21H31N3O4S2/c1-14(19-12-16-3-4-17(19)11-16)23-21(25)15(2)29-20-6-5-18(13-22-20)30(26,27)24-7-9-28-10-8-24/h5-6,13-17,19H,3-4,7-12H2,1-2H3,(H,23,25). The molecule has 30 heavy (non-hydrogen) atoms. The van der Waals surface area contributed by atoms with Gasteiger partial charge in [0, 0.05) is 25.3 Å². The Balaban J connectivity index is 1.31. The summed E-state index contributed by atoms with van der Waals surface area (Å²) in [5.41, 5.74) is 0. The van der Waals surface area contributed by atoms with Crippen LogP contribution in [-0.2, 0) is 19.6 Å². The highest BCUT2D eigenvalue weighted by atomic mass is 32.2. The Kier molecular flexibility index (Phi) is 6.72. The first-order valence-electron chi connectivity index (χ1n) is 10.9. The van der Waals surface area contributed by atoms with Gasteiger partial charge in [0.25, 0.3) is 0 Å². The minimum absolute atomic E-state index is 0.0158. The van der Waals surface area contributed by atoms with Gasteiger partial charge in [0.1, 0.15) is 4.90 Å². The second-order valence-electron chi connectivity index (χ2n) is 8.74. The van der Waals surface area contributed by atoms with Gasteiger partial charge in [-0.1, -0.05) is 18.2 Å². The van der Waals surface area contributed by atoms with E-state index in [1.165, 1.54) is 47.9 Å². The number of carbonyl (C=O) groups excluding carboxylic acids is 1. The number of ether oxygens (including phenoxy) is 1. The number of fused-ring (bicyclic) bond motifs is 2. The van der Waals surface area contributed by atoms with Crippen molar-refractivity contribution in [1.82, 2.24) is 14.6 Å². The molecule has 7 nitrogen and oxygen atoms in total. The molecule has 1 aromatic rings. The van der Waals surface area contributed by atoms with Crippen LogP contribution in [0.15, 0.2) is 28.3 Å². The summed E-state index contributed by atoms with van der Waals surface area (Å²) in [5, 5.41) is 3.56. The predicted octanol–water partition coefficient (Wildman–Crippen LogP) is 2.52. The first-order valence-corrected chi connectivity index (χ1v) is 13.2. The molecule has 4 rings (SSSR count). The van der Waals surface area contributed by atoms with Crippen LogP contribution < -0.4 is 5.32 Å². The van der Waals surface area contributed by atoms with Crippen molar-refractivity contribution in [2.45, 2.75) is 60.7 Å². The molecule has 1 N–H and O–H groups in total. The molecule has 9 heteroatoms. The zero-order chi connectivity index (χ0) is 21.3. The van der Waals surface area contributed by atoms with E-state index in [-0.39, 0.29) is 22.1 Å². The number of nitrogens with zero attached hydrogens (tertiary/aromatic N) is 2. The van der Waals surface area contributed by atoms with E-state index in [2.05, 4.69) is 17.2 Å². The molecule has 1 aliphatic heterocycles. The maximum absolute atomic E-state index is 12.7. The molecule has 0 aromatic carbocycles. The van der Waals surface area contributed by atoms with Crippen LogP contribution in [0.25, 0.3) is 0 Å². The summed E-state index contributed by atoms with van der Waals surface area (Å²) < 4.78 is 32.0. The Morgan fingerprint density at radius 3 is 2.60 bits per heavy atom. The van der Waals surface area contributed by atoms with E-state index < -0.39 is 10.0 Å². The van der Waals surface area contributed by atoms with Crippen LogP contribution in [0, 0.1) is 17.8 Å². The topological polar surface area (TPSA) is 88.6 Å². The van der Waals surface area contributed by atoms with E-state index in [0.717, 1.165) is 11.8 Å². The lowest BCUT2D eigenvalue weighted by molar-refractivity contribution is -0.121. The fourth-order valence-electron chi connectivity index (χ4n) is 5.11. The molecule has 2 heterocycles. The van der Waals surface area contributed by atoms with Crippen molar-refractivity contribution in [2.75, 3.05) is 26.3 Å². The van der Waals surface area contributed by atoms with Crippen molar-refractivity contribution in [3.05, 3.63) is 18.3 Å². The number of amides is 1. The van der Waals surface area contributed by atoms with Gasteiger partial charge in [-0.2, -0.15) is 4.31 Å². The molecule has 3 aliphatic rings. The van der Waals surface area contributed by atoms with Crippen molar-refractivity contribution >= 4 is 27.7 Å². The molecule has 5 atom stereocenters. The third kappa shape index (κ3) is 4.69. The lowest BCUT2D eigenvalue weighted by Crippen LogP contribution is -2.43. The van der Waals surface area contributed by atoms with Crippen LogP contribution in [0.2, 0.25) is 0 Å². The predicted molar refractivity (Wildman–Crippen MR) is 116 cm³/mol. The second-order valence-corrected chi connectivity index (χ2v) is 12.0. The largest absolute Gasteiger partial charge is 0.379 e. The van der Waals surface area contributed by atoms with Gasteiger partial charge in [0.2, 0.25) is 15.9 Å². The smallest absolute Gasteiger partial charge is 0.244 e. The Hall–Kier alpha value is -1.16. The number of aromatic nitrogens is 1. The summed E-state index contributed by atoms with van der Waals surface area (Å²) in [4.78, 5) is 17.2. The minimum atomic E-state index is -3.55. The van der Waals surface area contributed by atoms with E-state index in [0.29, 0.717) is 37.2 Å². The fraction of sp³-hybridized carbons (Fsp3) is 0.714. The van der Waals surface area contributed by atoms with Gasteiger partial charge in [0.15, 0.2) is 0 Å². The lowest BCUT2D eigenvalue weighted by Gasteiger charge is -2.29. The number of thioether (sulfide) groups is 1. The molecular formula is C21H31N3O4S2. The molecule has 5 unspecified atom stereocenters. The maximum Gasteiger partial charge on any atom is 0.244 e. The van der Waals surface area contributed by atoms with Crippen LogP contribution in [0.3, 0.4) is 0 Å². The summed E-state index contributed by atoms with van der Waals surface area (Å²) in [7, 11) is -3.55. The summed E-state index contributed by atoms with van der Waals surface area (Å²) in [6.45, 7) is 5.53. The summed E-state index contributed by atoms with van der Waals surface area (Å²) in [6, 6.07) is 3.45. The quantitative estimate of drug-likeness (QED) is 0.638. The van der Waals surface area contributed by atoms with Crippen LogP contribution in [-0.4, -0.2) is 61.2 Å². The summed E-state index contributed by atoms with van der Waals surface area (Å²) in [5.74, 6) is 2.26. The maximum atomic E-state index is 12.7. The van der Waals surface area contributed by atoms with E-state index in [1.54, 1.807) is 12.1 Å². The number of pyridine rings is 1. The number of carbonyl (C=O) groups is 1. The van der Waals surface area contributed by atoms with Gasteiger partial charge in [-0.05, 0) is 63.0 Å². The summed E-state index contributed by atoms with van der Waals surface area (Å²) in [6.07, 6.45) is 6.63. The molecule has 1 saturated heterocycles. The highest BCUT2D eigenvalue weighted by Crippen LogP contribution is 2.49. The van der Waals surface area contributed by atoms with Gasteiger partial charge in [0.05, 0.1) is 23.5 Å². The average Bonchev–Trinajstić information content (AvgIpc) is 3.38. The SMILES string of the molecule is CC(Sc1ccc(S(=O)(=O)N2CCOCC2)cn1)C(=O)NC(C)C1CC2CCC1C2. The zero-order valence-corrected chi connectivity index (χ0v) is 19.3. The molecule has 1 aromatic heterocycles. The minimum Gasteiger partial charge on any atom is -0.379 e. The van der Waals surface area contributed by atoms with Crippen LogP contribution >= 0.6 is 11.8 Å². The van der Waals surface area contributed by atoms with Gasteiger partial charge in [-0.15, -0.1) is 0 Å². The third-order valence-corrected chi connectivity index (χ3v) is 9.72. The Bertz CT molecular complexity index is 856. The normalized spacial score (nSPS) is 28.9. The Labute approximate surface area is 183 Å². The van der Waals surface area contributed by atoms with Crippen LogP contribution in [0.1, 0.15) is 39.5 Å². The molecule has 2 bridgehead atoms. The van der Waals surface area contributed by atoms with Crippen molar-refractivity contribution in [3.8, 4) is 0 Å². The van der Waals surface area contributed by atoms with E-state index >= 15 is 0 Å². The first-order chi connectivity index (χ1) is 14.3. The molecule has 0 spiro atoms. The lowest BCUT2D eigenvalue weighted by atomic mass is 9.84. The van der Waals surface area contributed by atoms with Gasteiger partial charge >= 0.3 is 0 Å². The molecule has 1 amide bonds. The van der Waals surface area contributed by atoms with Crippen molar-refractivity contribution in [3.63, 3.8) is 0 Å². The van der Waals surface area contributed by atoms with Gasteiger partial charge in [-0.25, -0.2) is 13.4 Å². The van der Waals surface area contributed by atoms with Crippen molar-refractivity contribution in [1.29, 1.82) is 0 Å². The van der Waals surface area contributed by atoms with Crippen molar-refractivity contribution < 1.29 is 17.9 Å². The summed E-state index contributed by atoms with van der Waals surface area (Å²) >= 11 is 1.35. The highest BCUT2D eigenvalue weighted by molar-refractivity contribution is 8.00. The second kappa shape index (κ2) is 9.14. The van der Waals surface area contributed by atoms with E-state index in [9.17, 15) is 13.2 Å². The monoisotopic (exact) mass is 453 g/mol. The van der Waals surface area contributed by atoms with E-state index in [1.807, 2.05) is 6.92 Å². The fourth-order valence-corrected chi connectivity index (χ4v) is 7.27. The number of nitrogens with one attached hydrogen (secondary N) is 1. The Morgan fingerprint density at radius 1 is 1.23 bits per heavy atom. The van der Waals surface area contributed by atoms with Crippen molar-refractivity contribution in [2.24, 2.45) is 17.8 Å². The molecule has 0 radical (unpaired) electrons. The first kappa shape index (κ1) is 22.0. The zero-order valence-electron chi connectivity index (χ0n) is 17.6.